The van der Waals surface area contributed by atoms with Crippen LogP contribution in [0.1, 0.15) is 23.1 Å². The van der Waals surface area contributed by atoms with Crippen LogP contribution < -0.4 is 5.32 Å². The second kappa shape index (κ2) is 6.32. The fraction of sp³-hybridized carbons (Fsp3) is 0.200. The van der Waals surface area contributed by atoms with Crippen molar-refractivity contribution in [1.29, 1.82) is 0 Å². The monoisotopic (exact) mass is 318 g/mol. The Kier molecular flexibility index (Phi) is 3.87. The van der Waals surface area contributed by atoms with E-state index in [2.05, 4.69) is 35.6 Å². The molecule has 4 rings (SSSR count). The summed E-state index contributed by atoms with van der Waals surface area (Å²) in [5.41, 5.74) is 6.34. The van der Waals surface area contributed by atoms with Crippen molar-refractivity contribution in [2.24, 2.45) is 4.99 Å². The molecule has 4 nitrogen and oxygen atoms in total. The zero-order chi connectivity index (χ0) is 16.4. The smallest absolute Gasteiger partial charge is 0.310 e. The molecular weight excluding hydrogens is 300 g/mol. The van der Waals surface area contributed by atoms with Gasteiger partial charge >= 0.3 is 5.97 Å². The number of fused-ring (bicyclic) bond motifs is 1. The highest BCUT2D eigenvalue weighted by Crippen LogP contribution is 2.29. The molecule has 0 amide bonds. The minimum absolute atomic E-state index is 0.169. The van der Waals surface area contributed by atoms with Gasteiger partial charge in [0.05, 0.1) is 18.7 Å². The lowest BCUT2D eigenvalue weighted by Crippen LogP contribution is -2.12. The van der Waals surface area contributed by atoms with Crippen LogP contribution in [-0.2, 0) is 9.53 Å². The van der Waals surface area contributed by atoms with E-state index in [1.54, 1.807) is 0 Å². The lowest BCUT2D eigenvalue weighted by molar-refractivity contribution is -0.141. The normalized spacial score (nSPS) is 16.9. The molecular formula is C20H18N2O2. The maximum atomic E-state index is 11.6. The van der Waals surface area contributed by atoms with Crippen molar-refractivity contribution >= 4 is 22.9 Å². The van der Waals surface area contributed by atoms with Gasteiger partial charge in [0.15, 0.2) is 0 Å². The summed E-state index contributed by atoms with van der Waals surface area (Å²) in [6.07, 6.45) is 2.30. The number of benzodiazepines with no additional fused rings is 1. The summed E-state index contributed by atoms with van der Waals surface area (Å²) in [5.74, 6) is -0.169. The Morgan fingerprint density at radius 2 is 1.92 bits per heavy atom. The number of hydrogen-bond donors (Lipinski definition) is 1. The number of esters is 1. The highest BCUT2D eigenvalue weighted by atomic mass is 16.5. The van der Waals surface area contributed by atoms with Crippen molar-refractivity contribution in [2.75, 3.05) is 25.0 Å². The third kappa shape index (κ3) is 2.83. The van der Waals surface area contributed by atoms with E-state index in [9.17, 15) is 4.79 Å². The van der Waals surface area contributed by atoms with Gasteiger partial charge in [0.25, 0.3) is 0 Å². The molecule has 0 fully saturated rings. The molecule has 1 N–H and O–H groups in total. The van der Waals surface area contributed by atoms with E-state index in [1.165, 1.54) is 0 Å². The number of rotatable bonds is 2. The van der Waals surface area contributed by atoms with Crippen molar-refractivity contribution < 1.29 is 9.53 Å². The number of anilines is 1. The van der Waals surface area contributed by atoms with E-state index >= 15 is 0 Å². The van der Waals surface area contributed by atoms with Crippen molar-refractivity contribution in [2.45, 2.75) is 6.42 Å². The standard InChI is InChI=1S/C20H18N2O2/c23-19-13-16(8-11-24-19)15-6-7-18-17(12-15)20(22-10-9-21-18)14-4-2-1-3-5-14/h1-8,12,21H,9-11,13H2. The fourth-order valence-corrected chi connectivity index (χ4v) is 3.11. The molecule has 0 radical (unpaired) electrons. The van der Waals surface area contributed by atoms with Gasteiger partial charge in [-0.05, 0) is 29.3 Å². The van der Waals surface area contributed by atoms with E-state index in [0.717, 1.165) is 46.8 Å². The summed E-state index contributed by atoms with van der Waals surface area (Å²) >= 11 is 0. The number of nitrogens with one attached hydrogen (secondary N) is 1. The number of hydrogen-bond acceptors (Lipinski definition) is 4. The molecule has 2 aromatic rings. The van der Waals surface area contributed by atoms with Crippen LogP contribution in [0.25, 0.3) is 5.57 Å². The van der Waals surface area contributed by atoms with Crippen LogP contribution in [0.15, 0.2) is 59.6 Å². The second-order valence-electron chi connectivity index (χ2n) is 5.87. The minimum Gasteiger partial charge on any atom is -0.461 e. The zero-order valence-electron chi connectivity index (χ0n) is 13.3. The minimum atomic E-state index is -0.169. The molecule has 24 heavy (non-hydrogen) atoms. The molecule has 0 saturated heterocycles. The number of nitrogens with zero attached hydrogens (tertiary/aromatic N) is 1. The quantitative estimate of drug-likeness (QED) is 0.865. The van der Waals surface area contributed by atoms with Crippen LogP contribution >= 0.6 is 0 Å². The maximum absolute atomic E-state index is 11.6. The molecule has 0 spiro atoms. The highest BCUT2D eigenvalue weighted by Gasteiger charge is 2.18. The maximum Gasteiger partial charge on any atom is 0.310 e. The van der Waals surface area contributed by atoms with Gasteiger partial charge in [-0.1, -0.05) is 36.4 Å². The molecule has 4 heteroatoms. The average molecular weight is 318 g/mol. The Balaban J connectivity index is 1.80. The summed E-state index contributed by atoms with van der Waals surface area (Å²) in [6.45, 7) is 1.91. The van der Waals surface area contributed by atoms with Gasteiger partial charge in [0, 0.05) is 23.4 Å². The second-order valence-corrected chi connectivity index (χ2v) is 5.87. The van der Waals surface area contributed by atoms with Gasteiger partial charge < -0.3 is 10.1 Å². The van der Waals surface area contributed by atoms with Crippen molar-refractivity contribution in [3.8, 4) is 0 Å². The van der Waals surface area contributed by atoms with Crippen molar-refractivity contribution in [3.63, 3.8) is 0 Å². The van der Waals surface area contributed by atoms with Gasteiger partial charge in [0.2, 0.25) is 0 Å². The van der Waals surface area contributed by atoms with Gasteiger partial charge in [0.1, 0.15) is 6.61 Å². The molecule has 0 atom stereocenters. The number of cyclic esters (lactones) is 1. The average Bonchev–Trinajstić information content (AvgIpc) is 2.84. The summed E-state index contributed by atoms with van der Waals surface area (Å²) < 4.78 is 5.00. The predicted molar refractivity (Wildman–Crippen MR) is 95.4 cm³/mol. The predicted octanol–water partition coefficient (Wildman–Crippen LogP) is 3.28. The fourth-order valence-electron chi connectivity index (χ4n) is 3.11. The lowest BCUT2D eigenvalue weighted by atomic mass is 9.94. The van der Waals surface area contributed by atoms with Crippen LogP contribution in [-0.4, -0.2) is 31.4 Å². The van der Waals surface area contributed by atoms with Crippen LogP contribution in [0.4, 0.5) is 5.69 Å². The molecule has 0 bridgehead atoms. The van der Waals surface area contributed by atoms with Gasteiger partial charge in [-0.3, -0.25) is 9.79 Å². The molecule has 2 aromatic carbocycles. The Labute approximate surface area is 140 Å². The molecule has 0 aromatic heterocycles. The number of benzene rings is 2. The molecule has 2 aliphatic heterocycles. The first-order valence-electron chi connectivity index (χ1n) is 8.14. The lowest BCUT2D eigenvalue weighted by Gasteiger charge is -2.16. The van der Waals surface area contributed by atoms with Crippen molar-refractivity contribution in [1.82, 2.24) is 0 Å². The SMILES string of the molecule is O=C1CC(c2ccc3c(c2)C(c2ccccc2)=NCCN3)=CCO1. The highest BCUT2D eigenvalue weighted by molar-refractivity contribution is 6.16. The van der Waals surface area contributed by atoms with E-state index in [0.29, 0.717) is 13.0 Å². The number of ether oxygens (including phenoxy) is 1. The molecule has 2 heterocycles. The number of carbonyl (C=O) groups is 1. The Bertz CT molecular complexity index is 838. The molecule has 0 aliphatic carbocycles. The molecule has 120 valence electrons. The summed E-state index contributed by atoms with van der Waals surface area (Å²) in [5, 5.41) is 3.44. The van der Waals surface area contributed by atoms with Crippen LogP contribution in [0.3, 0.4) is 0 Å². The third-order valence-corrected chi connectivity index (χ3v) is 4.30. The summed E-state index contributed by atoms with van der Waals surface area (Å²) in [6, 6.07) is 16.5. The van der Waals surface area contributed by atoms with E-state index < -0.39 is 0 Å². The Morgan fingerprint density at radius 1 is 1.04 bits per heavy atom. The first kappa shape index (κ1) is 14.7. The number of carbonyl (C=O) groups excluding carboxylic acids is 1. The Morgan fingerprint density at radius 3 is 2.75 bits per heavy atom. The molecule has 0 saturated carbocycles. The van der Waals surface area contributed by atoms with Gasteiger partial charge in [-0.15, -0.1) is 0 Å². The van der Waals surface area contributed by atoms with E-state index in [4.69, 9.17) is 9.73 Å². The van der Waals surface area contributed by atoms with Crippen LogP contribution in [0.5, 0.6) is 0 Å². The zero-order valence-corrected chi connectivity index (χ0v) is 13.3. The number of aliphatic imine (C=N–C) groups is 1. The first-order valence-corrected chi connectivity index (χ1v) is 8.14. The summed E-state index contributed by atoms with van der Waals surface area (Å²) in [7, 11) is 0. The largest absolute Gasteiger partial charge is 0.461 e. The van der Waals surface area contributed by atoms with Gasteiger partial charge in [-0.2, -0.15) is 0 Å². The molecule has 0 unspecified atom stereocenters. The van der Waals surface area contributed by atoms with Crippen LogP contribution in [0.2, 0.25) is 0 Å². The van der Waals surface area contributed by atoms with E-state index in [1.807, 2.05) is 24.3 Å². The van der Waals surface area contributed by atoms with Gasteiger partial charge in [-0.25, -0.2) is 0 Å². The topological polar surface area (TPSA) is 50.7 Å². The van der Waals surface area contributed by atoms with Crippen LogP contribution in [0, 0.1) is 0 Å². The van der Waals surface area contributed by atoms with Crippen molar-refractivity contribution in [3.05, 3.63) is 71.3 Å². The summed E-state index contributed by atoms with van der Waals surface area (Å²) in [4.78, 5) is 16.4. The third-order valence-electron chi connectivity index (χ3n) is 4.30. The molecule has 2 aliphatic rings. The first-order chi connectivity index (χ1) is 11.8. The Hall–Kier alpha value is -2.88. The van der Waals surface area contributed by atoms with E-state index in [-0.39, 0.29) is 5.97 Å².